The highest BCUT2D eigenvalue weighted by Gasteiger charge is 2.33. The van der Waals surface area contributed by atoms with Crippen LogP contribution in [0.2, 0.25) is 0 Å². The number of hydrogen-bond donors (Lipinski definition) is 3. The van der Waals surface area contributed by atoms with E-state index in [9.17, 15) is 23.1 Å². The van der Waals surface area contributed by atoms with Gasteiger partial charge in [-0.05, 0) is 43.0 Å². The summed E-state index contributed by atoms with van der Waals surface area (Å²) in [5.41, 5.74) is 0.565. The number of aliphatic hydroxyl groups excluding tert-OH is 1. The molecule has 2 aromatic heterocycles. The van der Waals surface area contributed by atoms with Crippen LogP contribution in [0.25, 0.3) is 11.0 Å². The van der Waals surface area contributed by atoms with Crippen molar-refractivity contribution in [2.24, 2.45) is 5.92 Å². The van der Waals surface area contributed by atoms with E-state index in [1.54, 1.807) is 42.5 Å². The monoisotopic (exact) mass is 540 g/mol. The van der Waals surface area contributed by atoms with Crippen LogP contribution < -0.4 is 10.6 Å². The van der Waals surface area contributed by atoms with Gasteiger partial charge in [0.05, 0.1) is 12.1 Å². The highest BCUT2D eigenvalue weighted by molar-refractivity contribution is 7.89. The summed E-state index contributed by atoms with van der Waals surface area (Å²) in [5.74, 6) is -0.840. The third-order valence-electron chi connectivity index (χ3n) is 6.22. The first kappa shape index (κ1) is 27.5. The summed E-state index contributed by atoms with van der Waals surface area (Å²) < 4.78 is 32.9. The molecule has 3 N–H and O–H groups in total. The first-order chi connectivity index (χ1) is 18.1. The first-order valence-corrected chi connectivity index (χ1v) is 13.9. The molecule has 3 heterocycles. The smallest absolute Gasteiger partial charge is 0.287 e. The van der Waals surface area contributed by atoms with Gasteiger partial charge in [-0.1, -0.05) is 50.3 Å². The number of nitrogens with one attached hydrogen (secondary N) is 2. The average molecular weight is 541 g/mol. The van der Waals surface area contributed by atoms with Crippen LogP contribution in [-0.2, 0) is 14.8 Å². The topological polar surface area (TPSA) is 142 Å². The zero-order valence-electron chi connectivity index (χ0n) is 21.3. The van der Waals surface area contributed by atoms with Crippen molar-refractivity contribution in [3.8, 4) is 0 Å². The van der Waals surface area contributed by atoms with Crippen molar-refractivity contribution in [2.75, 3.05) is 13.1 Å². The van der Waals surface area contributed by atoms with Crippen LogP contribution in [0.5, 0.6) is 0 Å². The van der Waals surface area contributed by atoms with E-state index in [4.69, 9.17) is 4.42 Å². The first-order valence-electron chi connectivity index (χ1n) is 12.5. The zero-order valence-corrected chi connectivity index (χ0v) is 22.1. The van der Waals surface area contributed by atoms with Gasteiger partial charge in [-0.25, -0.2) is 13.4 Å². The second-order valence-electron chi connectivity index (χ2n) is 9.65. The molecule has 11 heteroatoms. The van der Waals surface area contributed by atoms with Crippen LogP contribution in [0.4, 0.5) is 0 Å². The predicted molar refractivity (Wildman–Crippen MR) is 142 cm³/mol. The normalized spacial score (nSPS) is 20.4. The van der Waals surface area contributed by atoms with Gasteiger partial charge in [-0.3, -0.25) is 9.59 Å². The summed E-state index contributed by atoms with van der Waals surface area (Å²) in [4.78, 5) is 30.2. The molecule has 0 aliphatic carbocycles. The van der Waals surface area contributed by atoms with Gasteiger partial charge in [0, 0.05) is 24.7 Å². The van der Waals surface area contributed by atoms with Crippen LogP contribution in [0.15, 0.2) is 76.3 Å². The van der Waals surface area contributed by atoms with Gasteiger partial charge in [0.1, 0.15) is 11.6 Å². The number of aromatic nitrogens is 1. The number of fused-ring (bicyclic) bond motifs is 1. The Morgan fingerprint density at radius 3 is 2.66 bits per heavy atom. The van der Waals surface area contributed by atoms with Crippen LogP contribution in [0.3, 0.4) is 0 Å². The van der Waals surface area contributed by atoms with Crippen LogP contribution in [-0.4, -0.2) is 65.9 Å². The number of nitrogens with zero attached hydrogens (tertiary/aromatic N) is 2. The average Bonchev–Trinajstić information content (AvgIpc) is 3.32. The quantitative estimate of drug-likeness (QED) is 0.373. The summed E-state index contributed by atoms with van der Waals surface area (Å²) in [5, 5.41) is 17.1. The Morgan fingerprint density at radius 1 is 1.18 bits per heavy atom. The van der Waals surface area contributed by atoms with E-state index in [1.165, 1.54) is 12.3 Å². The van der Waals surface area contributed by atoms with E-state index in [1.807, 2.05) is 26.0 Å². The van der Waals surface area contributed by atoms with E-state index in [-0.39, 0.29) is 29.8 Å². The lowest BCUT2D eigenvalue weighted by Crippen LogP contribution is -2.54. The van der Waals surface area contributed by atoms with Gasteiger partial charge >= 0.3 is 0 Å². The molecular formula is C27H32N4O6S. The van der Waals surface area contributed by atoms with Gasteiger partial charge in [0.15, 0.2) is 10.8 Å². The molecule has 0 radical (unpaired) electrons. The maximum Gasteiger partial charge on any atom is 0.287 e. The number of rotatable bonds is 8. The van der Waals surface area contributed by atoms with Crippen LogP contribution >= 0.6 is 0 Å². The lowest BCUT2D eigenvalue weighted by molar-refractivity contribution is -0.124. The summed E-state index contributed by atoms with van der Waals surface area (Å²) in [6.45, 7) is 3.79. The SMILES string of the molecule is CC(C)C[C@H](NC(=O)c1cc2ccccc2o1)C(=O)NC1/C=C\CCN(S(=O)(=O)c2ccccn2)CC1O. The van der Waals surface area contributed by atoms with E-state index in [0.29, 0.717) is 18.4 Å². The molecule has 0 saturated carbocycles. The van der Waals surface area contributed by atoms with Crippen molar-refractivity contribution in [1.29, 1.82) is 0 Å². The van der Waals surface area contributed by atoms with Gasteiger partial charge in [-0.15, -0.1) is 0 Å². The highest BCUT2D eigenvalue weighted by atomic mass is 32.2. The fourth-order valence-corrected chi connectivity index (χ4v) is 5.69. The zero-order chi connectivity index (χ0) is 27.3. The summed E-state index contributed by atoms with van der Waals surface area (Å²) in [6.07, 6.45) is 4.29. The molecule has 0 saturated heterocycles. The number of aliphatic hydroxyl groups is 1. The third kappa shape index (κ3) is 6.47. The summed E-state index contributed by atoms with van der Waals surface area (Å²) in [7, 11) is -3.93. The minimum Gasteiger partial charge on any atom is -0.451 e. The molecule has 38 heavy (non-hydrogen) atoms. The molecule has 2 amide bonds. The number of sulfonamides is 1. The number of β-amino-alcohol motifs (C(OH)–C–C–N with tert-alkyl or cyclic N) is 1. The molecular weight excluding hydrogens is 508 g/mol. The number of carbonyl (C=O) groups is 2. The van der Waals surface area contributed by atoms with Gasteiger partial charge < -0.3 is 20.2 Å². The molecule has 3 aromatic rings. The maximum absolute atomic E-state index is 13.3. The number of para-hydroxylation sites is 1. The second-order valence-corrected chi connectivity index (χ2v) is 11.5. The standard InChI is InChI=1S/C27H32N4O6S/c1-18(2)15-21(30-27(34)24-16-19-9-3-4-11-23(19)37-24)26(33)29-20-10-6-8-14-31(17-22(20)32)38(35,36)25-12-5-7-13-28-25/h3-7,9-13,16,18,20-22,32H,8,14-15,17H2,1-2H3,(H,29,33)(H,30,34)/b10-6-/t20?,21-,22?/m0/s1. The van der Waals surface area contributed by atoms with Crippen LogP contribution in [0, 0.1) is 5.92 Å². The molecule has 0 bridgehead atoms. The Labute approximate surface area is 221 Å². The number of pyridine rings is 1. The van der Waals surface area contributed by atoms with Gasteiger partial charge in [0.25, 0.3) is 15.9 Å². The van der Waals surface area contributed by atoms with Crippen molar-refractivity contribution in [3.05, 3.63) is 72.6 Å². The molecule has 3 atom stereocenters. The maximum atomic E-state index is 13.3. The van der Waals surface area contributed by atoms with Crippen molar-refractivity contribution < 1.29 is 27.5 Å². The molecule has 202 valence electrons. The molecule has 10 nitrogen and oxygen atoms in total. The number of benzene rings is 1. The molecule has 1 aliphatic rings. The van der Waals surface area contributed by atoms with Crippen molar-refractivity contribution in [1.82, 2.24) is 19.9 Å². The number of furan rings is 1. The molecule has 1 aliphatic heterocycles. The Balaban J connectivity index is 1.47. The van der Waals surface area contributed by atoms with Gasteiger partial charge in [0.2, 0.25) is 5.91 Å². The Bertz CT molecular complexity index is 1370. The second kappa shape index (κ2) is 11.9. The molecule has 0 spiro atoms. The highest BCUT2D eigenvalue weighted by Crippen LogP contribution is 2.20. The fraction of sp³-hybridized carbons (Fsp3) is 0.370. The van der Waals surface area contributed by atoms with Crippen LogP contribution in [0.1, 0.15) is 37.2 Å². The van der Waals surface area contributed by atoms with Crippen molar-refractivity contribution >= 4 is 32.8 Å². The predicted octanol–water partition coefficient (Wildman–Crippen LogP) is 2.47. The summed E-state index contributed by atoms with van der Waals surface area (Å²) in [6, 6.07) is 11.7. The fourth-order valence-electron chi connectivity index (χ4n) is 4.29. The lowest BCUT2D eigenvalue weighted by Gasteiger charge is -2.30. The Morgan fingerprint density at radius 2 is 1.95 bits per heavy atom. The minimum absolute atomic E-state index is 0.0820. The Kier molecular flexibility index (Phi) is 8.60. The molecule has 0 fully saturated rings. The van der Waals surface area contributed by atoms with Gasteiger partial charge in [-0.2, -0.15) is 4.31 Å². The van der Waals surface area contributed by atoms with E-state index < -0.39 is 40.0 Å². The van der Waals surface area contributed by atoms with Crippen molar-refractivity contribution in [3.63, 3.8) is 0 Å². The minimum atomic E-state index is -3.93. The molecule has 2 unspecified atom stereocenters. The van der Waals surface area contributed by atoms with E-state index in [0.717, 1.165) is 9.69 Å². The summed E-state index contributed by atoms with van der Waals surface area (Å²) >= 11 is 0. The van der Waals surface area contributed by atoms with E-state index >= 15 is 0 Å². The number of hydrogen-bond acceptors (Lipinski definition) is 7. The van der Waals surface area contributed by atoms with E-state index in [2.05, 4.69) is 15.6 Å². The third-order valence-corrected chi connectivity index (χ3v) is 8.00. The Hall–Kier alpha value is -3.54. The molecule has 4 rings (SSSR count). The largest absolute Gasteiger partial charge is 0.451 e. The van der Waals surface area contributed by atoms with Crippen molar-refractivity contribution in [2.45, 2.75) is 49.9 Å². The number of amides is 2. The lowest BCUT2D eigenvalue weighted by atomic mass is 10.0. The molecule has 1 aromatic carbocycles. The number of carbonyl (C=O) groups excluding carboxylic acids is 2.